The molecular formula is C17H22BrNO2. The van der Waals surface area contributed by atoms with E-state index in [-0.39, 0.29) is 6.04 Å². The van der Waals surface area contributed by atoms with Crippen molar-refractivity contribution in [3.63, 3.8) is 0 Å². The lowest BCUT2D eigenvalue weighted by molar-refractivity contribution is 0.315. The van der Waals surface area contributed by atoms with Gasteiger partial charge in [-0.2, -0.15) is 0 Å². The zero-order chi connectivity index (χ0) is 15.2. The molecule has 1 heterocycles. The van der Waals surface area contributed by atoms with E-state index < -0.39 is 0 Å². The molecule has 3 nitrogen and oxygen atoms in total. The Bertz CT molecular complexity index is 580. The average Bonchev–Trinajstić information content (AvgIpc) is 2.90. The normalized spacial score (nSPS) is 12.4. The van der Waals surface area contributed by atoms with Gasteiger partial charge >= 0.3 is 0 Å². The third-order valence-corrected chi connectivity index (χ3v) is 3.82. The van der Waals surface area contributed by atoms with Crippen molar-refractivity contribution in [3.8, 4) is 5.75 Å². The van der Waals surface area contributed by atoms with Gasteiger partial charge in [-0.05, 0) is 65.6 Å². The van der Waals surface area contributed by atoms with Crippen LogP contribution in [0.15, 0.2) is 39.2 Å². The number of benzene rings is 1. The second-order valence-corrected chi connectivity index (χ2v) is 5.83. The molecule has 1 aromatic heterocycles. The van der Waals surface area contributed by atoms with Crippen LogP contribution >= 0.6 is 15.9 Å². The Morgan fingerprint density at radius 1 is 1.24 bits per heavy atom. The van der Waals surface area contributed by atoms with Crippen molar-refractivity contribution in [3.05, 3.63) is 51.9 Å². The van der Waals surface area contributed by atoms with Crippen LogP contribution < -0.4 is 10.1 Å². The summed E-state index contributed by atoms with van der Waals surface area (Å²) in [5.41, 5.74) is 1.15. The Morgan fingerprint density at radius 2 is 2.05 bits per heavy atom. The fraction of sp³-hybridized carbons (Fsp3) is 0.412. The SMILES string of the molecule is CCCOc1ccc(C(NCC)c2ccc(C)o2)cc1Br. The Hall–Kier alpha value is -1.26. The number of ether oxygens (including phenoxy) is 1. The van der Waals surface area contributed by atoms with Crippen molar-refractivity contribution in [1.82, 2.24) is 5.32 Å². The third kappa shape index (κ3) is 4.11. The molecule has 4 heteroatoms. The van der Waals surface area contributed by atoms with Gasteiger partial charge in [0.1, 0.15) is 17.3 Å². The van der Waals surface area contributed by atoms with E-state index in [2.05, 4.69) is 47.2 Å². The van der Waals surface area contributed by atoms with Crippen molar-refractivity contribution in [2.45, 2.75) is 33.2 Å². The van der Waals surface area contributed by atoms with E-state index in [0.717, 1.165) is 46.9 Å². The van der Waals surface area contributed by atoms with Gasteiger partial charge < -0.3 is 14.5 Å². The molecule has 1 N–H and O–H groups in total. The van der Waals surface area contributed by atoms with Crippen LogP contribution in [0.25, 0.3) is 0 Å². The van der Waals surface area contributed by atoms with Gasteiger partial charge in [0.05, 0.1) is 17.1 Å². The van der Waals surface area contributed by atoms with Crippen LogP contribution in [0.3, 0.4) is 0 Å². The molecule has 21 heavy (non-hydrogen) atoms. The first-order valence-corrected chi connectivity index (χ1v) is 8.17. The minimum atomic E-state index is 0.0558. The first-order chi connectivity index (χ1) is 10.2. The minimum absolute atomic E-state index is 0.0558. The van der Waals surface area contributed by atoms with Gasteiger partial charge in [-0.15, -0.1) is 0 Å². The Morgan fingerprint density at radius 3 is 2.62 bits per heavy atom. The first-order valence-electron chi connectivity index (χ1n) is 7.37. The maximum Gasteiger partial charge on any atom is 0.133 e. The Balaban J connectivity index is 2.26. The fourth-order valence-corrected chi connectivity index (χ4v) is 2.73. The van der Waals surface area contributed by atoms with E-state index in [0.29, 0.717) is 0 Å². The van der Waals surface area contributed by atoms with Crippen LogP contribution in [0.1, 0.15) is 43.4 Å². The highest BCUT2D eigenvalue weighted by Gasteiger charge is 2.17. The van der Waals surface area contributed by atoms with Crippen LogP contribution in [-0.2, 0) is 0 Å². The lowest BCUT2D eigenvalue weighted by atomic mass is 10.0. The quantitative estimate of drug-likeness (QED) is 0.774. The van der Waals surface area contributed by atoms with Crippen LogP contribution in [0, 0.1) is 6.92 Å². The molecule has 0 aliphatic rings. The summed E-state index contributed by atoms with van der Waals surface area (Å²) < 4.78 is 12.5. The first kappa shape index (κ1) is 16.1. The summed E-state index contributed by atoms with van der Waals surface area (Å²) in [5, 5.41) is 3.46. The smallest absolute Gasteiger partial charge is 0.133 e. The molecule has 2 rings (SSSR count). The topological polar surface area (TPSA) is 34.4 Å². The van der Waals surface area contributed by atoms with Crippen molar-refractivity contribution in [2.75, 3.05) is 13.2 Å². The highest BCUT2D eigenvalue weighted by atomic mass is 79.9. The molecule has 0 amide bonds. The molecule has 1 unspecified atom stereocenters. The molecule has 0 aliphatic carbocycles. The van der Waals surface area contributed by atoms with Crippen LogP contribution in [0.4, 0.5) is 0 Å². The van der Waals surface area contributed by atoms with Crippen molar-refractivity contribution >= 4 is 15.9 Å². The summed E-state index contributed by atoms with van der Waals surface area (Å²) >= 11 is 3.59. The lowest BCUT2D eigenvalue weighted by Crippen LogP contribution is -2.21. The molecule has 0 radical (unpaired) electrons. The molecule has 0 bridgehead atoms. The second-order valence-electron chi connectivity index (χ2n) is 4.98. The van der Waals surface area contributed by atoms with Gasteiger partial charge in [0.25, 0.3) is 0 Å². The van der Waals surface area contributed by atoms with E-state index in [9.17, 15) is 0 Å². The number of hydrogen-bond donors (Lipinski definition) is 1. The monoisotopic (exact) mass is 351 g/mol. The van der Waals surface area contributed by atoms with E-state index in [1.165, 1.54) is 0 Å². The highest BCUT2D eigenvalue weighted by Crippen LogP contribution is 2.31. The molecule has 2 aromatic rings. The van der Waals surface area contributed by atoms with Crippen LogP contribution in [0.5, 0.6) is 5.75 Å². The number of aryl methyl sites for hydroxylation is 1. The maximum atomic E-state index is 5.78. The summed E-state index contributed by atoms with van der Waals surface area (Å²) in [6.45, 7) is 7.76. The third-order valence-electron chi connectivity index (χ3n) is 3.20. The minimum Gasteiger partial charge on any atom is -0.492 e. The van der Waals surface area contributed by atoms with Crippen molar-refractivity contribution < 1.29 is 9.15 Å². The molecular weight excluding hydrogens is 330 g/mol. The summed E-state index contributed by atoms with van der Waals surface area (Å²) in [4.78, 5) is 0. The van der Waals surface area contributed by atoms with Gasteiger partial charge in [-0.25, -0.2) is 0 Å². The predicted molar refractivity (Wildman–Crippen MR) is 88.9 cm³/mol. The fourth-order valence-electron chi connectivity index (χ4n) is 2.22. The van der Waals surface area contributed by atoms with Gasteiger partial charge in [-0.3, -0.25) is 0 Å². The lowest BCUT2D eigenvalue weighted by Gasteiger charge is -2.17. The van der Waals surface area contributed by atoms with E-state index in [1.54, 1.807) is 0 Å². The number of rotatable bonds is 7. The second kappa shape index (κ2) is 7.66. The van der Waals surface area contributed by atoms with Gasteiger partial charge in [-0.1, -0.05) is 19.9 Å². The number of furan rings is 1. The molecule has 0 aliphatic heterocycles. The molecule has 1 aromatic carbocycles. The summed E-state index contributed by atoms with van der Waals surface area (Å²) in [7, 11) is 0. The zero-order valence-electron chi connectivity index (χ0n) is 12.8. The predicted octanol–water partition coefficient (Wildman–Crippen LogP) is 4.84. The van der Waals surface area contributed by atoms with E-state index in [4.69, 9.17) is 9.15 Å². The summed E-state index contributed by atoms with van der Waals surface area (Å²) in [5.74, 6) is 2.74. The molecule has 0 saturated heterocycles. The number of hydrogen-bond acceptors (Lipinski definition) is 3. The molecule has 0 spiro atoms. The summed E-state index contributed by atoms with van der Waals surface area (Å²) in [6, 6.07) is 10.3. The van der Waals surface area contributed by atoms with Gasteiger partial charge in [0.2, 0.25) is 0 Å². The zero-order valence-corrected chi connectivity index (χ0v) is 14.4. The molecule has 1 atom stereocenters. The maximum absolute atomic E-state index is 5.78. The van der Waals surface area contributed by atoms with Gasteiger partial charge in [0, 0.05) is 0 Å². The molecule has 114 valence electrons. The number of nitrogens with one attached hydrogen (secondary N) is 1. The number of halogens is 1. The van der Waals surface area contributed by atoms with Crippen LogP contribution in [-0.4, -0.2) is 13.2 Å². The van der Waals surface area contributed by atoms with Crippen LogP contribution in [0.2, 0.25) is 0 Å². The van der Waals surface area contributed by atoms with E-state index >= 15 is 0 Å². The Labute approximate surface area is 134 Å². The largest absolute Gasteiger partial charge is 0.492 e. The molecule has 0 fully saturated rings. The van der Waals surface area contributed by atoms with E-state index in [1.807, 2.05) is 25.1 Å². The molecule has 0 saturated carbocycles. The standard InChI is InChI=1S/C17H22BrNO2/c1-4-10-20-15-9-7-13(11-14(15)18)17(19-5-2)16-8-6-12(3)21-16/h6-9,11,17,19H,4-5,10H2,1-3H3. The Kier molecular flexibility index (Phi) is 5.88. The highest BCUT2D eigenvalue weighted by molar-refractivity contribution is 9.10. The van der Waals surface area contributed by atoms with Gasteiger partial charge in [0.15, 0.2) is 0 Å². The van der Waals surface area contributed by atoms with Crippen molar-refractivity contribution in [1.29, 1.82) is 0 Å². The average molecular weight is 352 g/mol. The summed E-state index contributed by atoms with van der Waals surface area (Å²) in [6.07, 6.45) is 1.000. The van der Waals surface area contributed by atoms with Crippen molar-refractivity contribution in [2.24, 2.45) is 0 Å².